The number of hydrogen-bond donors (Lipinski definition) is 0. The number of rotatable bonds is 4. The molecular formula is C48H30O. The minimum absolute atomic E-state index is 0.0272. The Balaban J connectivity index is 1.26. The molecule has 1 nitrogen and oxygen atoms in total. The van der Waals surface area contributed by atoms with Crippen LogP contribution in [0, 0.1) is 0 Å². The van der Waals surface area contributed by atoms with E-state index in [-0.39, 0.29) is 45.6 Å². The van der Waals surface area contributed by atoms with Crippen molar-refractivity contribution in [2.45, 2.75) is 0 Å². The van der Waals surface area contributed by atoms with Gasteiger partial charge in [0.1, 0.15) is 11.2 Å². The van der Waals surface area contributed by atoms with Crippen LogP contribution in [-0.2, 0) is 0 Å². The van der Waals surface area contributed by atoms with Gasteiger partial charge in [0.25, 0.3) is 0 Å². The predicted molar refractivity (Wildman–Crippen MR) is 208 cm³/mol. The molecule has 0 saturated heterocycles. The SMILES string of the molecule is [2H]c1c([2H])c([2H])c(-c2c([2H])c([2H])c3c(oc4c([2H])c([2H])c(-c5c6ccccc6c(-c6cccc(-c7cccc8ccccc78)c6)c6ccccc56)c([2H])c43)c2[2H])c([2H])c1[2H]. The van der Waals surface area contributed by atoms with Crippen LogP contribution < -0.4 is 0 Å². The second-order valence-electron chi connectivity index (χ2n) is 12.0. The first kappa shape index (κ1) is 18.8. The summed E-state index contributed by atoms with van der Waals surface area (Å²) < 4.78 is 103. The van der Waals surface area contributed by atoms with E-state index in [4.69, 9.17) is 12.6 Å². The van der Waals surface area contributed by atoms with Gasteiger partial charge in [0.2, 0.25) is 0 Å². The fourth-order valence-electron chi connectivity index (χ4n) is 7.04. The topological polar surface area (TPSA) is 13.1 Å². The Morgan fingerprint density at radius 2 is 0.980 bits per heavy atom. The van der Waals surface area contributed by atoms with E-state index >= 15 is 0 Å². The second-order valence-corrected chi connectivity index (χ2v) is 12.0. The molecule has 49 heavy (non-hydrogen) atoms. The van der Waals surface area contributed by atoms with Crippen LogP contribution in [0.4, 0.5) is 0 Å². The standard InChI is InChI=1S/C48H30O/c1-2-12-31(13-3-1)33-24-26-39-44-29-36(25-27-45(44)49-46(39)30-33)48-42-21-8-6-19-40(42)47(41-20-7-9-22-43(41)48)35-17-10-16-34(28-35)38-23-11-15-32-14-4-5-18-37(32)38/h1-30H/i1D,2D,3D,12D,13D,24D,25D,26D,27D,29D,30D. The fraction of sp³-hybridized carbons (Fsp3) is 0. The second kappa shape index (κ2) is 11.1. The molecule has 0 spiro atoms. The highest BCUT2D eigenvalue weighted by molar-refractivity contribution is 6.22. The first-order valence-electron chi connectivity index (χ1n) is 21.5. The van der Waals surface area contributed by atoms with Gasteiger partial charge in [-0.05, 0) is 107 Å². The Morgan fingerprint density at radius 3 is 1.73 bits per heavy atom. The third-order valence-electron chi connectivity index (χ3n) is 9.19. The lowest BCUT2D eigenvalue weighted by atomic mass is 9.85. The molecular weight excluding hydrogens is 593 g/mol. The molecule has 0 fully saturated rings. The summed E-state index contributed by atoms with van der Waals surface area (Å²) in [4.78, 5) is 0. The molecule has 0 saturated carbocycles. The van der Waals surface area contributed by atoms with Gasteiger partial charge in [-0.2, -0.15) is 0 Å². The van der Waals surface area contributed by atoms with Gasteiger partial charge in [0.15, 0.2) is 0 Å². The zero-order chi connectivity index (χ0) is 41.9. The first-order valence-corrected chi connectivity index (χ1v) is 16.0. The van der Waals surface area contributed by atoms with Crippen molar-refractivity contribution in [1.29, 1.82) is 0 Å². The summed E-state index contributed by atoms with van der Waals surface area (Å²) >= 11 is 0. The fourth-order valence-corrected chi connectivity index (χ4v) is 7.04. The van der Waals surface area contributed by atoms with Crippen LogP contribution in [0.2, 0.25) is 0 Å². The molecule has 0 unspecified atom stereocenters. The number of furan rings is 1. The molecule has 0 N–H and O–H groups in total. The van der Waals surface area contributed by atoms with E-state index in [1.807, 2.05) is 66.7 Å². The van der Waals surface area contributed by atoms with Crippen molar-refractivity contribution in [1.82, 2.24) is 0 Å². The van der Waals surface area contributed by atoms with Gasteiger partial charge in [0.05, 0.1) is 15.1 Å². The van der Waals surface area contributed by atoms with Crippen LogP contribution in [0.15, 0.2) is 186 Å². The lowest BCUT2D eigenvalue weighted by Gasteiger charge is -2.18. The highest BCUT2D eigenvalue weighted by Crippen LogP contribution is 2.45. The van der Waals surface area contributed by atoms with Crippen LogP contribution in [0.3, 0.4) is 0 Å². The highest BCUT2D eigenvalue weighted by atomic mass is 16.3. The van der Waals surface area contributed by atoms with E-state index in [1.165, 1.54) is 0 Å². The lowest BCUT2D eigenvalue weighted by Crippen LogP contribution is -1.91. The summed E-state index contributed by atoms with van der Waals surface area (Å²) in [7, 11) is 0. The first-order chi connectivity index (χ1) is 28.9. The zero-order valence-electron chi connectivity index (χ0n) is 36.9. The molecule has 0 aliphatic rings. The van der Waals surface area contributed by atoms with Crippen molar-refractivity contribution in [2.75, 3.05) is 0 Å². The van der Waals surface area contributed by atoms with E-state index in [0.717, 1.165) is 54.6 Å². The quantitative estimate of drug-likeness (QED) is 0.176. The van der Waals surface area contributed by atoms with Crippen LogP contribution in [-0.4, -0.2) is 0 Å². The van der Waals surface area contributed by atoms with Gasteiger partial charge in [-0.15, -0.1) is 0 Å². The smallest absolute Gasteiger partial charge is 0.136 e. The van der Waals surface area contributed by atoms with Crippen molar-refractivity contribution in [3.63, 3.8) is 0 Å². The summed E-state index contributed by atoms with van der Waals surface area (Å²) in [6.45, 7) is 0. The summed E-state index contributed by atoms with van der Waals surface area (Å²) in [5.74, 6) is 0. The Labute approximate surface area is 299 Å². The van der Waals surface area contributed by atoms with Gasteiger partial charge >= 0.3 is 0 Å². The molecule has 1 aromatic heterocycles. The molecule has 10 aromatic rings. The summed E-state index contributed by atoms with van der Waals surface area (Å²) in [6.07, 6.45) is 0. The molecule has 1 heterocycles. The zero-order valence-corrected chi connectivity index (χ0v) is 25.9. The van der Waals surface area contributed by atoms with E-state index in [1.54, 1.807) is 0 Å². The molecule has 0 aliphatic carbocycles. The Bertz CT molecular complexity index is 3430. The van der Waals surface area contributed by atoms with E-state index in [9.17, 15) is 6.85 Å². The van der Waals surface area contributed by atoms with Crippen LogP contribution in [0.5, 0.6) is 0 Å². The van der Waals surface area contributed by atoms with Gasteiger partial charge in [-0.1, -0.05) is 151 Å². The molecule has 0 bridgehead atoms. The number of benzene rings is 9. The summed E-state index contributed by atoms with van der Waals surface area (Å²) in [6, 6.07) is 32.7. The largest absolute Gasteiger partial charge is 0.456 e. The van der Waals surface area contributed by atoms with Crippen molar-refractivity contribution in [3.8, 4) is 44.5 Å². The van der Waals surface area contributed by atoms with Crippen molar-refractivity contribution < 1.29 is 19.5 Å². The van der Waals surface area contributed by atoms with E-state index in [2.05, 4.69) is 48.5 Å². The van der Waals surface area contributed by atoms with Crippen molar-refractivity contribution in [2.24, 2.45) is 0 Å². The molecule has 0 aliphatic heterocycles. The maximum Gasteiger partial charge on any atom is 0.136 e. The maximum absolute atomic E-state index is 9.77. The van der Waals surface area contributed by atoms with Gasteiger partial charge in [-0.25, -0.2) is 0 Å². The normalized spacial score (nSPS) is 14.8. The number of hydrogen-bond acceptors (Lipinski definition) is 1. The monoisotopic (exact) mass is 633 g/mol. The highest BCUT2D eigenvalue weighted by Gasteiger charge is 2.18. The Kier molecular flexibility index (Phi) is 4.25. The van der Waals surface area contributed by atoms with Crippen molar-refractivity contribution >= 4 is 54.3 Å². The third kappa shape index (κ3) is 4.47. The predicted octanol–water partition coefficient (Wildman–Crippen LogP) is 13.7. The minimum atomic E-state index is -0.658. The third-order valence-corrected chi connectivity index (χ3v) is 9.19. The van der Waals surface area contributed by atoms with Crippen LogP contribution in [0.1, 0.15) is 15.1 Å². The molecule has 0 atom stereocenters. The average molecular weight is 634 g/mol. The van der Waals surface area contributed by atoms with E-state index in [0.29, 0.717) is 5.56 Å². The molecule has 0 radical (unpaired) electrons. The Morgan fingerprint density at radius 1 is 0.367 bits per heavy atom. The minimum Gasteiger partial charge on any atom is -0.456 e. The van der Waals surface area contributed by atoms with Gasteiger partial charge < -0.3 is 4.42 Å². The molecule has 228 valence electrons. The molecule has 0 amide bonds. The average Bonchev–Trinajstić information content (AvgIpc) is 3.69. The Hall–Kier alpha value is -6.44. The van der Waals surface area contributed by atoms with E-state index < -0.39 is 59.5 Å². The molecule has 1 heteroatoms. The van der Waals surface area contributed by atoms with Gasteiger partial charge in [0, 0.05) is 10.8 Å². The van der Waals surface area contributed by atoms with Crippen molar-refractivity contribution in [3.05, 3.63) is 182 Å². The van der Waals surface area contributed by atoms with Gasteiger partial charge in [-0.3, -0.25) is 0 Å². The molecule has 10 rings (SSSR count). The van der Waals surface area contributed by atoms with Crippen LogP contribution >= 0.6 is 0 Å². The van der Waals surface area contributed by atoms with Crippen LogP contribution in [0.25, 0.3) is 98.8 Å². The lowest BCUT2D eigenvalue weighted by molar-refractivity contribution is 0.669. The number of fused-ring (bicyclic) bond motifs is 6. The maximum atomic E-state index is 9.77. The summed E-state index contributed by atoms with van der Waals surface area (Å²) in [5.41, 5.74) is 3.38. The molecule has 9 aromatic carbocycles. The summed E-state index contributed by atoms with van der Waals surface area (Å²) in [5, 5.41) is 5.31.